The summed E-state index contributed by atoms with van der Waals surface area (Å²) in [4.78, 5) is 13.1. The average molecular weight is 181 g/mol. The highest BCUT2D eigenvalue weighted by Crippen LogP contribution is 2.23. The molecule has 13 heavy (non-hydrogen) atoms. The molecular formula is C9H15N3O. The van der Waals surface area contributed by atoms with Gasteiger partial charge < -0.3 is 16.4 Å². The second kappa shape index (κ2) is 3.51. The molecule has 72 valence electrons. The van der Waals surface area contributed by atoms with Gasteiger partial charge in [0.2, 0.25) is 5.91 Å². The topological polar surface area (TPSA) is 72.3 Å². The molecule has 1 aliphatic heterocycles. The largest absolute Gasteiger partial charge is 0.405 e. The first-order chi connectivity index (χ1) is 6.07. The van der Waals surface area contributed by atoms with Crippen molar-refractivity contribution in [1.29, 1.82) is 0 Å². The van der Waals surface area contributed by atoms with Crippen LogP contribution in [0.15, 0.2) is 23.7 Å². The first-order valence-corrected chi connectivity index (χ1v) is 4.27. The van der Waals surface area contributed by atoms with Crippen LogP contribution in [0.1, 0.15) is 20.3 Å². The SMILES string of the molecule is CC(C)N1C(=O)CC(N)=C1/C=C\N. The zero-order valence-electron chi connectivity index (χ0n) is 7.95. The predicted molar refractivity (Wildman–Crippen MR) is 51.1 cm³/mol. The van der Waals surface area contributed by atoms with Crippen molar-refractivity contribution in [1.82, 2.24) is 4.90 Å². The lowest BCUT2D eigenvalue weighted by molar-refractivity contribution is -0.128. The van der Waals surface area contributed by atoms with E-state index >= 15 is 0 Å². The molecule has 0 atom stereocenters. The molecule has 4 heteroatoms. The van der Waals surface area contributed by atoms with Crippen molar-refractivity contribution in [2.75, 3.05) is 0 Å². The summed E-state index contributed by atoms with van der Waals surface area (Å²) < 4.78 is 0. The lowest BCUT2D eigenvalue weighted by Crippen LogP contribution is -2.31. The molecular weight excluding hydrogens is 166 g/mol. The summed E-state index contributed by atoms with van der Waals surface area (Å²) >= 11 is 0. The van der Waals surface area contributed by atoms with Crippen LogP contribution >= 0.6 is 0 Å². The van der Waals surface area contributed by atoms with Crippen molar-refractivity contribution in [2.24, 2.45) is 11.5 Å². The molecule has 0 radical (unpaired) electrons. The summed E-state index contributed by atoms with van der Waals surface area (Å²) in [5, 5.41) is 0. The Morgan fingerprint density at radius 3 is 2.62 bits per heavy atom. The average Bonchev–Trinajstić information content (AvgIpc) is 2.27. The molecule has 0 saturated heterocycles. The van der Waals surface area contributed by atoms with E-state index in [2.05, 4.69) is 0 Å². The molecule has 1 amide bonds. The summed E-state index contributed by atoms with van der Waals surface area (Å²) in [6.45, 7) is 3.89. The van der Waals surface area contributed by atoms with Crippen molar-refractivity contribution in [2.45, 2.75) is 26.3 Å². The zero-order valence-corrected chi connectivity index (χ0v) is 7.95. The highest BCUT2D eigenvalue weighted by Gasteiger charge is 2.28. The fourth-order valence-electron chi connectivity index (χ4n) is 1.47. The molecule has 0 unspecified atom stereocenters. The maximum Gasteiger partial charge on any atom is 0.233 e. The third-order valence-corrected chi connectivity index (χ3v) is 1.97. The summed E-state index contributed by atoms with van der Waals surface area (Å²) in [6.07, 6.45) is 3.37. The molecule has 1 aliphatic rings. The van der Waals surface area contributed by atoms with Crippen molar-refractivity contribution in [3.05, 3.63) is 23.7 Å². The van der Waals surface area contributed by atoms with Gasteiger partial charge in [0.05, 0.1) is 12.1 Å². The van der Waals surface area contributed by atoms with E-state index in [1.165, 1.54) is 6.20 Å². The van der Waals surface area contributed by atoms with Crippen LogP contribution in [0.25, 0.3) is 0 Å². The van der Waals surface area contributed by atoms with Gasteiger partial charge in [0, 0.05) is 11.7 Å². The van der Waals surface area contributed by atoms with Crippen LogP contribution in [-0.2, 0) is 4.79 Å². The number of rotatable bonds is 2. The Morgan fingerprint density at radius 1 is 1.54 bits per heavy atom. The molecule has 0 spiro atoms. The Balaban J connectivity index is 2.99. The van der Waals surface area contributed by atoms with E-state index in [9.17, 15) is 4.79 Å². The van der Waals surface area contributed by atoms with E-state index in [4.69, 9.17) is 11.5 Å². The number of carbonyl (C=O) groups is 1. The minimum Gasteiger partial charge on any atom is -0.405 e. The van der Waals surface area contributed by atoms with E-state index < -0.39 is 0 Å². The van der Waals surface area contributed by atoms with E-state index in [-0.39, 0.29) is 11.9 Å². The molecule has 4 N–H and O–H groups in total. The minimum atomic E-state index is 0.0422. The molecule has 0 aromatic rings. The number of hydrogen-bond acceptors (Lipinski definition) is 3. The van der Waals surface area contributed by atoms with Crippen LogP contribution in [0.3, 0.4) is 0 Å². The highest BCUT2D eigenvalue weighted by molar-refractivity contribution is 5.85. The first-order valence-electron chi connectivity index (χ1n) is 4.27. The van der Waals surface area contributed by atoms with Gasteiger partial charge in [-0.2, -0.15) is 0 Å². The van der Waals surface area contributed by atoms with Crippen molar-refractivity contribution >= 4 is 5.91 Å². The Hall–Kier alpha value is -1.45. The summed E-state index contributed by atoms with van der Waals surface area (Å²) in [5.41, 5.74) is 12.3. The molecule has 0 saturated carbocycles. The molecule has 0 bridgehead atoms. The Kier molecular flexibility index (Phi) is 2.60. The second-order valence-corrected chi connectivity index (χ2v) is 3.30. The van der Waals surface area contributed by atoms with Crippen LogP contribution in [-0.4, -0.2) is 16.8 Å². The number of nitrogens with zero attached hydrogens (tertiary/aromatic N) is 1. The number of carbonyl (C=O) groups excluding carboxylic acids is 1. The highest BCUT2D eigenvalue weighted by atomic mass is 16.2. The molecule has 0 fully saturated rings. The maximum absolute atomic E-state index is 11.4. The van der Waals surface area contributed by atoms with Crippen LogP contribution in [0.5, 0.6) is 0 Å². The Bertz CT molecular complexity index is 279. The van der Waals surface area contributed by atoms with Gasteiger partial charge in [0.15, 0.2) is 0 Å². The lowest BCUT2D eigenvalue weighted by atomic mass is 10.3. The molecule has 0 aliphatic carbocycles. The minimum absolute atomic E-state index is 0.0422. The van der Waals surface area contributed by atoms with E-state index in [1.807, 2.05) is 13.8 Å². The van der Waals surface area contributed by atoms with Gasteiger partial charge >= 0.3 is 0 Å². The fraction of sp³-hybridized carbons (Fsp3) is 0.444. The maximum atomic E-state index is 11.4. The number of hydrogen-bond donors (Lipinski definition) is 2. The van der Waals surface area contributed by atoms with Gasteiger partial charge in [-0.25, -0.2) is 0 Å². The Labute approximate surface area is 77.9 Å². The molecule has 0 aromatic heterocycles. The monoisotopic (exact) mass is 181 g/mol. The van der Waals surface area contributed by atoms with Crippen molar-refractivity contribution in [3.63, 3.8) is 0 Å². The lowest BCUT2D eigenvalue weighted by Gasteiger charge is -2.22. The first kappa shape index (κ1) is 9.64. The molecule has 4 nitrogen and oxygen atoms in total. The van der Waals surface area contributed by atoms with Crippen LogP contribution in [0.2, 0.25) is 0 Å². The summed E-state index contributed by atoms with van der Waals surface area (Å²) in [6, 6.07) is 0.125. The van der Waals surface area contributed by atoms with Gasteiger partial charge in [-0.15, -0.1) is 0 Å². The second-order valence-electron chi connectivity index (χ2n) is 3.30. The fourth-order valence-corrected chi connectivity index (χ4v) is 1.47. The smallest absolute Gasteiger partial charge is 0.233 e. The van der Waals surface area contributed by atoms with Crippen LogP contribution < -0.4 is 11.5 Å². The van der Waals surface area contributed by atoms with Gasteiger partial charge in [0.25, 0.3) is 0 Å². The quantitative estimate of drug-likeness (QED) is 0.642. The van der Waals surface area contributed by atoms with Gasteiger partial charge in [-0.1, -0.05) is 0 Å². The summed E-state index contributed by atoms with van der Waals surface area (Å²) in [7, 11) is 0. The molecule has 1 heterocycles. The zero-order chi connectivity index (χ0) is 10.0. The van der Waals surface area contributed by atoms with E-state index in [1.54, 1.807) is 11.0 Å². The van der Waals surface area contributed by atoms with E-state index in [0.717, 1.165) is 5.70 Å². The van der Waals surface area contributed by atoms with Gasteiger partial charge in [-0.05, 0) is 26.1 Å². The van der Waals surface area contributed by atoms with Crippen molar-refractivity contribution in [3.8, 4) is 0 Å². The standard InChI is InChI=1S/C9H15N3O/c1-6(2)12-8(3-4-10)7(11)5-9(12)13/h3-4,6H,5,10-11H2,1-2H3/b4-3-. The number of nitrogens with two attached hydrogens (primary N) is 2. The van der Waals surface area contributed by atoms with Crippen LogP contribution in [0.4, 0.5) is 0 Å². The third kappa shape index (κ3) is 1.66. The van der Waals surface area contributed by atoms with Gasteiger partial charge in [-0.3, -0.25) is 4.79 Å². The summed E-state index contributed by atoms with van der Waals surface area (Å²) in [5.74, 6) is 0.0422. The third-order valence-electron chi connectivity index (χ3n) is 1.97. The van der Waals surface area contributed by atoms with Gasteiger partial charge in [0.1, 0.15) is 0 Å². The molecule has 1 rings (SSSR count). The van der Waals surface area contributed by atoms with Crippen LogP contribution in [0, 0.1) is 0 Å². The number of allylic oxidation sites excluding steroid dienone is 1. The predicted octanol–water partition coefficient (Wildman–Crippen LogP) is 0.270. The normalized spacial score (nSPS) is 18.4. The van der Waals surface area contributed by atoms with Crippen molar-refractivity contribution < 1.29 is 4.79 Å². The number of amides is 1. The van der Waals surface area contributed by atoms with E-state index in [0.29, 0.717) is 12.1 Å². The Morgan fingerprint density at radius 2 is 2.15 bits per heavy atom. The molecule has 0 aromatic carbocycles.